The largest absolute Gasteiger partial charge is 0.327 e. The molecule has 0 aromatic carbocycles. The lowest BCUT2D eigenvalue weighted by Gasteiger charge is -1.81. The lowest BCUT2D eigenvalue weighted by Crippen LogP contribution is -1.91. The Balaban J connectivity index is 0. The summed E-state index contributed by atoms with van der Waals surface area (Å²) in [5.41, 5.74) is 9.38. The summed E-state index contributed by atoms with van der Waals surface area (Å²) in [6, 6.07) is 0. The van der Waals surface area contributed by atoms with Gasteiger partial charge < -0.3 is 5.73 Å². The van der Waals surface area contributed by atoms with Crippen molar-refractivity contribution >= 4 is 0 Å². The Morgan fingerprint density at radius 2 is 2.09 bits per heavy atom. The topological polar surface area (TPSA) is 26.0 Å². The minimum atomic E-state index is 0.600. The van der Waals surface area contributed by atoms with Gasteiger partial charge in [-0.15, -0.1) is 18.9 Å². The second kappa shape index (κ2) is 11.7. The van der Waals surface area contributed by atoms with E-state index < -0.39 is 0 Å². The molecule has 0 spiro atoms. The summed E-state index contributed by atoms with van der Waals surface area (Å²) in [6.45, 7) is 10.5. The van der Waals surface area contributed by atoms with Gasteiger partial charge in [-0.1, -0.05) is 12.2 Å². The van der Waals surface area contributed by atoms with Crippen molar-refractivity contribution in [1.82, 2.24) is 0 Å². The van der Waals surface area contributed by atoms with Gasteiger partial charge in [-0.05, 0) is 25.5 Å². The average molecular weight is 151 g/mol. The molecule has 0 bridgehead atoms. The fourth-order valence-electron chi connectivity index (χ4n) is 0.521. The molecular weight excluding hydrogens is 134 g/mol. The van der Waals surface area contributed by atoms with E-state index in [0.29, 0.717) is 6.54 Å². The predicted octanol–water partition coefficient (Wildman–Crippen LogP) is 2.42. The van der Waals surface area contributed by atoms with Gasteiger partial charge in [0.25, 0.3) is 0 Å². The maximum atomic E-state index is 5.23. The molecule has 0 radical (unpaired) electrons. The van der Waals surface area contributed by atoms with Gasteiger partial charge in [0.2, 0.25) is 0 Å². The standard InChI is InChI=1S/C8H13N.C2H4/c1-3-5-8(2)6-4-7-9;1-2/h3-4,6H,7,9H2,1-2H3;1-2H2/b6-4-;. The lowest BCUT2D eigenvalue weighted by atomic mass is 10.3. The van der Waals surface area contributed by atoms with E-state index in [-0.39, 0.29) is 0 Å². The molecule has 2 N–H and O–H groups in total. The summed E-state index contributed by atoms with van der Waals surface area (Å²) in [7, 11) is 0. The Labute approximate surface area is 69.6 Å². The fraction of sp³-hybridized carbons (Fsp3) is 0.300. The van der Waals surface area contributed by atoms with Gasteiger partial charge in [0.15, 0.2) is 0 Å². The van der Waals surface area contributed by atoms with Crippen LogP contribution in [-0.4, -0.2) is 6.54 Å². The maximum absolute atomic E-state index is 5.23. The summed E-state index contributed by atoms with van der Waals surface area (Å²) in [4.78, 5) is 0. The summed E-state index contributed by atoms with van der Waals surface area (Å²) < 4.78 is 0. The highest BCUT2D eigenvalue weighted by molar-refractivity contribution is 5.14. The molecule has 0 unspecified atom stereocenters. The Kier molecular flexibility index (Phi) is 13.4. The van der Waals surface area contributed by atoms with Crippen LogP contribution in [-0.2, 0) is 0 Å². The number of nitrogens with two attached hydrogens (primary N) is 1. The van der Waals surface area contributed by atoms with E-state index in [0.717, 1.165) is 5.57 Å². The molecule has 0 atom stereocenters. The molecule has 0 aliphatic heterocycles. The molecule has 0 saturated carbocycles. The summed E-state index contributed by atoms with van der Waals surface area (Å²) in [6.07, 6.45) is 5.75. The molecule has 0 aliphatic carbocycles. The Hall–Kier alpha value is -1.04. The zero-order chi connectivity index (χ0) is 9.11. The van der Waals surface area contributed by atoms with Crippen LogP contribution >= 0.6 is 0 Å². The van der Waals surface area contributed by atoms with Crippen molar-refractivity contribution in [3.05, 3.63) is 42.7 Å². The highest BCUT2D eigenvalue weighted by Crippen LogP contribution is 1.89. The first-order chi connectivity index (χ1) is 5.31. The number of rotatable bonds is 2. The van der Waals surface area contributed by atoms with Crippen LogP contribution in [0, 0.1) is 0 Å². The molecule has 0 rings (SSSR count). The third kappa shape index (κ3) is 12.2. The van der Waals surface area contributed by atoms with Gasteiger partial charge in [0.1, 0.15) is 0 Å². The molecule has 0 aromatic rings. The van der Waals surface area contributed by atoms with Gasteiger partial charge in [0, 0.05) is 6.54 Å². The van der Waals surface area contributed by atoms with Crippen LogP contribution in [0.15, 0.2) is 42.7 Å². The normalized spacial score (nSPS) is 7.91. The molecule has 11 heavy (non-hydrogen) atoms. The fourth-order valence-corrected chi connectivity index (χ4v) is 0.521. The highest BCUT2D eigenvalue weighted by Gasteiger charge is 1.72. The monoisotopic (exact) mass is 151 g/mol. The Morgan fingerprint density at radius 1 is 1.55 bits per heavy atom. The van der Waals surface area contributed by atoms with Crippen LogP contribution in [0.3, 0.4) is 0 Å². The second-order valence-corrected chi connectivity index (χ2v) is 1.75. The van der Waals surface area contributed by atoms with Crippen LogP contribution in [0.2, 0.25) is 0 Å². The number of hydrogen-bond acceptors (Lipinski definition) is 1. The van der Waals surface area contributed by atoms with Crippen LogP contribution in [0.1, 0.15) is 13.8 Å². The third-order valence-corrected chi connectivity index (χ3v) is 0.876. The van der Waals surface area contributed by atoms with E-state index in [1.807, 2.05) is 32.1 Å². The molecule has 62 valence electrons. The van der Waals surface area contributed by atoms with Crippen molar-refractivity contribution in [2.75, 3.05) is 6.54 Å². The number of allylic oxidation sites excluding steroid dienone is 2. The minimum absolute atomic E-state index is 0.600. The number of hydrogen-bond donors (Lipinski definition) is 1. The van der Waals surface area contributed by atoms with Gasteiger partial charge in [-0.3, -0.25) is 0 Å². The van der Waals surface area contributed by atoms with E-state index in [1.165, 1.54) is 0 Å². The van der Waals surface area contributed by atoms with Crippen molar-refractivity contribution in [1.29, 1.82) is 0 Å². The van der Waals surface area contributed by atoms with E-state index >= 15 is 0 Å². The van der Waals surface area contributed by atoms with E-state index in [9.17, 15) is 0 Å². The first-order valence-electron chi connectivity index (χ1n) is 3.55. The van der Waals surface area contributed by atoms with Crippen molar-refractivity contribution in [2.45, 2.75) is 13.8 Å². The lowest BCUT2D eigenvalue weighted by molar-refractivity contribution is 1.25. The third-order valence-electron chi connectivity index (χ3n) is 0.876. The van der Waals surface area contributed by atoms with E-state index in [4.69, 9.17) is 5.73 Å². The molecule has 0 fully saturated rings. The van der Waals surface area contributed by atoms with E-state index in [1.54, 1.807) is 0 Å². The Morgan fingerprint density at radius 3 is 2.45 bits per heavy atom. The minimum Gasteiger partial charge on any atom is -0.327 e. The van der Waals surface area contributed by atoms with Crippen molar-refractivity contribution < 1.29 is 0 Å². The second-order valence-electron chi connectivity index (χ2n) is 1.75. The Bertz CT molecular complexity index is 160. The van der Waals surface area contributed by atoms with Crippen molar-refractivity contribution in [2.24, 2.45) is 5.73 Å². The van der Waals surface area contributed by atoms with Gasteiger partial charge >= 0.3 is 0 Å². The van der Waals surface area contributed by atoms with Crippen LogP contribution in [0.4, 0.5) is 0 Å². The van der Waals surface area contributed by atoms with Crippen LogP contribution < -0.4 is 5.73 Å². The molecule has 0 amide bonds. The average Bonchev–Trinajstić information content (AvgIpc) is 2.05. The van der Waals surface area contributed by atoms with Gasteiger partial charge in [0.05, 0.1) is 0 Å². The first kappa shape index (κ1) is 12.6. The van der Waals surface area contributed by atoms with Gasteiger partial charge in [-0.25, -0.2) is 0 Å². The van der Waals surface area contributed by atoms with Gasteiger partial charge in [-0.2, -0.15) is 0 Å². The molecule has 0 saturated heterocycles. The zero-order valence-electron chi connectivity index (χ0n) is 7.43. The maximum Gasteiger partial charge on any atom is 0.0110 e. The van der Waals surface area contributed by atoms with Crippen molar-refractivity contribution in [3.8, 4) is 0 Å². The molecule has 0 aliphatic rings. The summed E-state index contributed by atoms with van der Waals surface area (Å²) >= 11 is 0. The molecule has 1 heteroatoms. The highest BCUT2D eigenvalue weighted by atomic mass is 14.5. The summed E-state index contributed by atoms with van der Waals surface area (Å²) in [5, 5.41) is 0. The predicted molar refractivity (Wildman–Crippen MR) is 52.4 cm³/mol. The smallest absolute Gasteiger partial charge is 0.0110 e. The summed E-state index contributed by atoms with van der Waals surface area (Å²) in [5.74, 6) is 0. The SMILES string of the molecule is C=C.CC=C=C(C)/C=C\CN. The zero-order valence-corrected chi connectivity index (χ0v) is 7.43. The molecular formula is C10H17N. The first-order valence-corrected chi connectivity index (χ1v) is 3.55. The van der Waals surface area contributed by atoms with Crippen molar-refractivity contribution in [3.63, 3.8) is 0 Å². The molecule has 1 nitrogen and oxygen atoms in total. The quantitative estimate of drug-likeness (QED) is 0.366. The molecule has 0 aromatic heterocycles. The van der Waals surface area contributed by atoms with Crippen LogP contribution in [0.5, 0.6) is 0 Å². The van der Waals surface area contributed by atoms with Crippen LogP contribution in [0.25, 0.3) is 0 Å². The van der Waals surface area contributed by atoms with E-state index in [2.05, 4.69) is 18.9 Å². The molecule has 0 heterocycles.